The molecular formula is C44H74O21. The van der Waals surface area contributed by atoms with Crippen LogP contribution in [0.4, 0.5) is 0 Å². The molecule has 376 valence electrons. The van der Waals surface area contributed by atoms with Crippen LogP contribution in [-0.4, -0.2) is 179 Å². The molecule has 0 aromatic rings. The van der Waals surface area contributed by atoms with Crippen molar-refractivity contribution in [2.75, 3.05) is 6.61 Å². The molecule has 4 fully saturated rings. The van der Waals surface area contributed by atoms with Gasteiger partial charge in [-0.25, -0.2) is 0 Å². The van der Waals surface area contributed by atoms with Crippen LogP contribution >= 0.6 is 0 Å². The number of aliphatic hydroxyl groups is 5. The number of esters is 4. The summed E-state index contributed by atoms with van der Waals surface area (Å²) in [6.07, 6.45) is -17.6. The summed E-state index contributed by atoms with van der Waals surface area (Å²) in [5.41, 5.74) is 0. The minimum absolute atomic E-state index is 0.302. The molecule has 65 heavy (non-hydrogen) atoms. The van der Waals surface area contributed by atoms with Gasteiger partial charge < -0.3 is 82.4 Å². The summed E-state index contributed by atoms with van der Waals surface area (Å²) in [6.45, 7) is 12.9. The monoisotopic (exact) mass is 938 g/mol. The fourth-order valence-electron chi connectivity index (χ4n) is 8.54. The Morgan fingerprint density at radius 1 is 0.385 bits per heavy atom. The molecule has 0 bridgehead atoms. The number of rotatable bonds is 22. The van der Waals surface area contributed by atoms with Gasteiger partial charge in [0.25, 0.3) is 0 Å². The number of aliphatic hydroxyl groups excluding tert-OH is 5. The van der Waals surface area contributed by atoms with Gasteiger partial charge in [0.2, 0.25) is 0 Å². The molecule has 0 radical (unpaired) electrons. The van der Waals surface area contributed by atoms with Crippen LogP contribution in [0.25, 0.3) is 0 Å². The summed E-state index contributed by atoms with van der Waals surface area (Å²) in [5, 5.41) is 56.2. The van der Waals surface area contributed by atoms with E-state index in [0.29, 0.717) is 6.61 Å². The Balaban J connectivity index is 1.50. The molecule has 4 saturated heterocycles. The standard InChI is InChI=1S/C44H74O21/c1-10-11-12-13-14-15-16-17-18-19-20-54-41-31(51)30(50)34(22(3)56-41)63-43-33(53)38(35(23(4)57-43)59-25(6)45)64-44-40(62-28(9)48)39(36(24(5)58-44)60-26(7)46)65-42-32(52)37(61-27(8)47)29(49)21(2)55-42/h21-24,29-44,49-53H,10-20H2,1-9H3. The average molecular weight is 939 g/mol. The highest BCUT2D eigenvalue weighted by Crippen LogP contribution is 2.37. The lowest BCUT2D eigenvalue weighted by Crippen LogP contribution is -2.67. The molecule has 4 rings (SSSR count). The molecule has 21 nitrogen and oxygen atoms in total. The number of ether oxygens (including phenoxy) is 12. The maximum atomic E-state index is 12.7. The second-order valence-electron chi connectivity index (χ2n) is 17.4. The number of carbonyl (C=O) groups is 4. The Bertz CT molecular complexity index is 1490. The van der Waals surface area contributed by atoms with E-state index in [9.17, 15) is 44.7 Å². The Morgan fingerprint density at radius 2 is 0.769 bits per heavy atom. The molecule has 4 heterocycles. The average Bonchev–Trinajstić information content (AvgIpc) is 3.22. The van der Waals surface area contributed by atoms with E-state index < -0.39 is 147 Å². The maximum Gasteiger partial charge on any atom is 0.303 e. The van der Waals surface area contributed by atoms with E-state index >= 15 is 0 Å². The number of hydrogen-bond donors (Lipinski definition) is 5. The molecule has 0 aliphatic carbocycles. The van der Waals surface area contributed by atoms with Crippen LogP contribution in [0, 0.1) is 0 Å². The van der Waals surface area contributed by atoms with Crippen molar-refractivity contribution >= 4 is 23.9 Å². The maximum absolute atomic E-state index is 12.7. The van der Waals surface area contributed by atoms with Crippen molar-refractivity contribution in [1.82, 2.24) is 0 Å². The van der Waals surface area contributed by atoms with Crippen LogP contribution in [0.5, 0.6) is 0 Å². The molecule has 4 aliphatic heterocycles. The predicted molar refractivity (Wildman–Crippen MR) is 222 cm³/mol. The Morgan fingerprint density at radius 3 is 1.31 bits per heavy atom. The molecule has 0 saturated carbocycles. The fourth-order valence-corrected chi connectivity index (χ4v) is 8.54. The first kappa shape index (κ1) is 55.0. The van der Waals surface area contributed by atoms with Gasteiger partial charge in [-0.15, -0.1) is 0 Å². The topological polar surface area (TPSA) is 280 Å². The van der Waals surface area contributed by atoms with E-state index in [1.807, 2.05) is 0 Å². The molecule has 0 amide bonds. The Kier molecular flexibility index (Phi) is 22.2. The van der Waals surface area contributed by atoms with Gasteiger partial charge in [0.05, 0.1) is 24.4 Å². The summed E-state index contributed by atoms with van der Waals surface area (Å²) in [4.78, 5) is 49.4. The second-order valence-corrected chi connectivity index (χ2v) is 17.4. The highest BCUT2D eigenvalue weighted by atomic mass is 16.8. The van der Waals surface area contributed by atoms with Gasteiger partial charge in [0.15, 0.2) is 49.6 Å². The quantitative estimate of drug-likeness (QED) is 0.0585. The highest BCUT2D eigenvalue weighted by Gasteiger charge is 2.57. The number of hydrogen-bond acceptors (Lipinski definition) is 21. The molecule has 0 aromatic carbocycles. The van der Waals surface area contributed by atoms with E-state index in [1.165, 1.54) is 59.3 Å². The zero-order valence-corrected chi connectivity index (χ0v) is 39.1. The predicted octanol–water partition coefficient (Wildman–Crippen LogP) is 1.59. The number of carbonyl (C=O) groups excluding carboxylic acids is 4. The molecule has 20 unspecified atom stereocenters. The Labute approximate surface area is 380 Å². The van der Waals surface area contributed by atoms with Gasteiger partial charge in [0.1, 0.15) is 48.8 Å². The summed E-state index contributed by atoms with van der Waals surface area (Å²) in [7, 11) is 0. The fraction of sp³-hybridized carbons (Fsp3) is 0.909. The molecular weight excluding hydrogens is 864 g/mol. The van der Waals surface area contributed by atoms with Crippen molar-refractivity contribution in [1.29, 1.82) is 0 Å². The van der Waals surface area contributed by atoms with Crippen LogP contribution in [0.15, 0.2) is 0 Å². The molecule has 20 atom stereocenters. The molecule has 0 aromatic heterocycles. The summed E-state index contributed by atoms with van der Waals surface area (Å²) in [5.74, 6) is -3.29. The third-order valence-corrected chi connectivity index (χ3v) is 11.9. The normalized spacial score (nSPS) is 39.8. The third-order valence-electron chi connectivity index (χ3n) is 11.9. The molecule has 0 spiro atoms. The van der Waals surface area contributed by atoms with Crippen molar-refractivity contribution in [3.05, 3.63) is 0 Å². The zero-order chi connectivity index (χ0) is 48.1. The number of unbranched alkanes of at least 4 members (excludes halogenated alkanes) is 9. The lowest BCUT2D eigenvalue weighted by atomic mass is 9.95. The van der Waals surface area contributed by atoms with Crippen molar-refractivity contribution in [3.63, 3.8) is 0 Å². The summed E-state index contributed by atoms with van der Waals surface area (Å²) < 4.78 is 70.3. The van der Waals surface area contributed by atoms with Gasteiger partial charge in [-0.3, -0.25) is 19.2 Å². The summed E-state index contributed by atoms with van der Waals surface area (Å²) in [6, 6.07) is 0. The van der Waals surface area contributed by atoms with Crippen molar-refractivity contribution in [2.24, 2.45) is 0 Å². The zero-order valence-electron chi connectivity index (χ0n) is 39.1. The van der Waals surface area contributed by atoms with Crippen molar-refractivity contribution in [3.8, 4) is 0 Å². The van der Waals surface area contributed by atoms with Crippen LogP contribution in [-0.2, 0) is 76.0 Å². The van der Waals surface area contributed by atoms with Crippen molar-refractivity contribution < 1.29 is 102 Å². The van der Waals surface area contributed by atoms with Gasteiger partial charge in [-0.05, 0) is 34.1 Å². The second kappa shape index (κ2) is 26.2. The third kappa shape index (κ3) is 15.4. The van der Waals surface area contributed by atoms with Crippen LogP contribution in [0.3, 0.4) is 0 Å². The van der Waals surface area contributed by atoms with E-state index in [4.69, 9.17) is 56.8 Å². The minimum Gasteiger partial charge on any atom is -0.457 e. The SMILES string of the molecule is CCCCCCCCCCCCOC1OC(C)C(OC2OC(C)C(OC(C)=O)C(OC3OC(C)C(OC(C)=O)C(OC4OC(C)C(O)C(OC(C)=O)C4O)C3OC(C)=O)C2O)C(O)C1O. The Hall–Kier alpha value is -2.64. The van der Waals surface area contributed by atoms with E-state index in [2.05, 4.69) is 6.92 Å². The van der Waals surface area contributed by atoms with Crippen LogP contribution in [0.1, 0.15) is 127 Å². The minimum atomic E-state index is -1.84. The lowest BCUT2D eigenvalue weighted by molar-refractivity contribution is -0.385. The van der Waals surface area contributed by atoms with Gasteiger partial charge >= 0.3 is 23.9 Å². The first-order chi connectivity index (χ1) is 30.7. The first-order valence-corrected chi connectivity index (χ1v) is 23.0. The highest BCUT2D eigenvalue weighted by molar-refractivity contribution is 5.67. The molecule has 21 heteroatoms. The lowest BCUT2D eigenvalue weighted by Gasteiger charge is -2.50. The largest absolute Gasteiger partial charge is 0.457 e. The van der Waals surface area contributed by atoms with Gasteiger partial charge in [0, 0.05) is 34.3 Å². The smallest absolute Gasteiger partial charge is 0.303 e. The van der Waals surface area contributed by atoms with Gasteiger partial charge in [-0.2, -0.15) is 0 Å². The van der Waals surface area contributed by atoms with E-state index in [1.54, 1.807) is 6.92 Å². The van der Waals surface area contributed by atoms with Crippen LogP contribution < -0.4 is 0 Å². The van der Waals surface area contributed by atoms with Gasteiger partial charge in [-0.1, -0.05) is 64.7 Å². The summed E-state index contributed by atoms with van der Waals surface area (Å²) >= 11 is 0. The molecule has 4 aliphatic rings. The molecule has 5 N–H and O–H groups in total. The van der Waals surface area contributed by atoms with E-state index in [0.717, 1.165) is 53.4 Å². The van der Waals surface area contributed by atoms with Crippen molar-refractivity contribution in [2.45, 2.75) is 249 Å². The van der Waals surface area contributed by atoms with E-state index in [-0.39, 0.29) is 0 Å². The first-order valence-electron chi connectivity index (χ1n) is 23.0. The van der Waals surface area contributed by atoms with Crippen LogP contribution in [0.2, 0.25) is 0 Å².